The highest BCUT2D eigenvalue weighted by Crippen LogP contribution is 2.28. The molecule has 0 saturated heterocycles. The summed E-state index contributed by atoms with van der Waals surface area (Å²) in [6.07, 6.45) is 2.05. The van der Waals surface area contributed by atoms with Gasteiger partial charge >= 0.3 is 0 Å². The molecule has 0 bridgehead atoms. The predicted octanol–water partition coefficient (Wildman–Crippen LogP) is 4.27. The van der Waals surface area contributed by atoms with Crippen LogP contribution in [0, 0.1) is 6.92 Å². The molecule has 1 unspecified atom stereocenters. The van der Waals surface area contributed by atoms with Crippen LogP contribution in [0.3, 0.4) is 0 Å². The molecular weight excluding hydrogens is 350 g/mol. The molecule has 1 aromatic heterocycles. The lowest BCUT2D eigenvalue weighted by Crippen LogP contribution is -2.40. The fraction of sp³-hybridized carbons (Fsp3) is 0.217. The molecule has 0 fully saturated rings. The number of hydrogen-bond donors (Lipinski definition) is 1. The van der Waals surface area contributed by atoms with Crippen molar-refractivity contribution >= 4 is 17.5 Å². The highest BCUT2D eigenvalue weighted by molar-refractivity contribution is 6.05. The van der Waals surface area contributed by atoms with E-state index in [1.165, 1.54) is 0 Å². The third kappa shape index (κ3) is 3.31. The number of aryl methyl sites for hydroxylation is 1. The van der Waals surface area contributed by atoms with Crippen LogP contribution in [0.1, 0.15) is 44.9 Å². The molecule has 0 saturated carbocycles. The normalized spacial score (nSPS) is 15.8. The van der Waals surface area contributed by atoms with Crippen molar-refractivity contribution in [2.24, 2.45) is 0 Å². The number of carbonyl (C=O) groups excluding carboxylic acids is 2. The SMILES string of the molecule is Cc1ccc(C(=O)N2CCn3cccc3C2C)cc1NC(=O)c1ccccc1. The second-order valence-electron chi connectivity index (χ2n) is 7.15. The molecule has 3 aromatic rings. The van der Waals surface area contributed by atoms with Crippen molar-refractivity contribution in [3.8, 4) is 0 Å². The van der Waals surface area contributed by atoms with E-state index in [0.717, 1.165) is 17.8 Å². The van der Waals surface area contributed by atoms with Gasteiger partial charge in [0.1, 0.15) is 0 Å². The van der Waals surface area contributed by atoms with Crippen molar-refractivity contribution < 1.29 is 9.59 Å². The number of benzene rings is 2. The molecule has 2 amide bonds. The Labute approximate surface area is 164 Å². The van der Waals surface area contributed by atoms with Crippen molar-refractivity contribution in [3.63, 3.8) is 0 Å². The van der Waals surface area contributed by atoms with E-state index < -0.39 is 0 Å². The first-order valence-electron chi connectivity index (χ1n) is 9.47. The molecule has 5 nitrogen and oxygen atoms in total. The molecule has 142 valence electrons. The average Bonchev–Trinajstić information content (AvgIpc) is 3.20. The maximum Gasteiger partial charge on any atom is 0.255 e. The van der Waals surface area contributed by atoms with Gasteiger partial charge in [-0.15, -0.1) is 0 Å². The van der Waals surface area contributed by atoms with E-state index in [4.69, 9.17) is 0 Å². The summed E-state index contributed by atoms with van der Waals surface area (Å²) in [5.41, 5.74) is 3.89. The Morgan fingerprint density at radius 1 is 0.964 bits per heavy atom. The Hall–Kier alpha value is -3.34. The molecule has 1 N–H and O–H groups in total. The van der Waals surface area contributed by atoms with Gasteiger partial charge in [0.25, 0.3) is 11.8 Å². The van der Waals surface area contributed by atoms with Crippen molar-refractivity contribution in [1.82, 2.24) is 9.47 Å². The zero-order chi connectivity index (χ0) is 19.7. The minimum atomic E-state index is -0.183. The summed E-state index contributed by atoms with van der Waals surface area (Å²) in [5.74, 6) is -0.201. The van der Waals surface area contributed by atoms with Gasteiger partial charge in [-0.2, -0.15) is 0 Å². The Bertz CT molecular complexity index is 1020. The van der Waals surface area contributed by atoms with Gasteiger partial charge in [0.05, 0.1) is 6.04 Å². The van der Waals surface area contributed by atoms with E-state index in [0.29, 0.717) is 23.4 Å². The van der Waals surface area contributed by atoms with E-state index in [1.807, 2.05) is 48.2 Å². The van der Waals surface area contributed by atoms with Crippen molar-refractivity contribution in [1.29, 1.82) is 0 Å². The molecule has 2 heterocycles. The second kappa shape index (κ2) is 7.35. The molecule has 5 heteroatoms. The van der Waals surface area contributed by atoms with Gasteiger partial charge < -0.3 is 14.8 Å². The van der Waals surface area contributed by atoms with Crippen LogP contribution < -0.4 is 5.32 Å². The summed E-state index contributed by atoms with van der Waals surface area (Å²) >= 11 is 0. The monoisotopic (exact) mass is 373 g/mol. The summed E-state index contributed by atoms with van der Waals surface area (Å²) < 4.78 is 2.19. The van der Waals surface area contributed by atoms with E-state index in [9.17, 15) is 9.59 Å². The topological polar surface area (TPSA) is 54.3 Å². The molecule has 1 atom stereocenters. The molecule has 28 heavy (non-hydrogen) atoms. The minimum Gasteiger partial charge on any atom is -0.348 e. The number of nitrogens with zero attached hydrogens (tertiary/aromatic N) is 2. The largest absolute Gasteiger partial charge is 0.348 e. The molecule has 1 aliphatic rings. The fourth-order valence-electron chi connectivity index (χ4n) is 3.70. The number of nitrogens with one attached hydrogen (secondary N) is 1. The summed E-state index contributed by atoms with van der Waals surface area (Å²) in [6.45, 7) is 5.43. The Kier molecular flexibility index (Phi) is 4.74. The summed E-state index contributed by atoms with van der Waals surface area (Å²) in [7, 11) is 0. The molecule has 0 aliphatic carbocycles. The van der Waals surface area contributed by atoms with Crippen LogP contribution in [-0.4, -0.2) is 27.8 Å². The van der Waals surface area contributed by atoms with Crippen LogP contribution in [-0.2, 0) is 6.54 Å². The van der Waals surface area contributed by atoms with Crippen molar-refractivity contribution in [3.05, 3.63) is 89.2 Å². The first kappa shape index (κ1) is 18.0. The van der Waals surface area contributed by atoms with E-state index in [1.54, 1.807) is 18.2 Å². The Morgan fingerprint density at radius 2 is 1.75 bits per heavy atom. The van der Waals surface area contributed by atoms with E-state index >= 15 is 0 Å². The number of fused-ring (bicyclic) bond motifs is 1. The molecule has 4 rings (SSSR count). The number of rotatable bonds is 3. The van der Waals surface area contributed by atoms with Gasteiger partial charge in [-0.3, -0.25) is 9.59 Å². The zero-order valence-corrected chi connectivity index (χ0v) is 16.1. The van der Waals surface area contributed by atoms with Crippen molar-refractivity contribution in [2.75, 3.05) is 11.9 Å². The Morgan fingerprint density at radius 3 is 2.54 bits per heavy atom. The third-order valence-electron chi connectivity index (χ3n) is 5.37. The van der Waals surface area contributed by atoms with Crippen molar-refractivity contribution in [2.45, 2.75) is 26.4 Å². The lowest BCUT2D eigenvalue weighted by Gasteiger charge is -2.35. The van der Waals surface area contributed by atoms with Gasteiger partial charge in [0.15, 0.2) is 0 Å². The molecule has 0 radical (unpaired) electrons. The smallest absolute Gasteiger partial charge is 0.255 e. The van der Waals surface area contributed by atoms with E-state index in [-0.39, 0.29) is 17.9 Å². The Balaban J connectivity index is 1.57. The predicted molar refractivity (Wildman–Crippen MR) is 109 cm³/mol. The van der Waals surface area contributed by atoms with Gasteiger partial charge in [-0.25, -0.2) is 0 Å². The summed E-state index contributed by atoms with van der Waals surface area (Å²) in [6, 6.07) is 18.6. The maximum atomic E-state index is 13.2. The first-order valence-corrected chi connectivity index (χ1v) is 9.47. The van der Waals surface area contributed by atoms with Crippen LogP contribution in [0.4, 0.5) is 5.69 Å². The minimum absolute atomic E-state index is 0.0138. The molecule has 0 spiro atoms. The lowest BCUT2D eigenvalue weighted by molar-refractivity contribution is 0.0644. The number of hydrogen-bond acceptors (Lipinski definition) is 2. The lowest BCUT2D eigenvalue weighted by atomic mass is 10.1. The number of carbonyl (C=O) groups is 2. The highest BCUT2D eigenvalue weighted by Gasteiger charge is 2.28. The average molecular weight is 373 g/mol. The molecular formula is C23H23N3O2. The van der Waals surface area contributed by atoms with Crippen LogP contribution >= 0.6 is 0 Å². The molecule has 2 aromatic carbocycles. The van der Waals surface area contributed by atoms with Crippen LogP contribution in [0.5, 0.6) is 0 Å². The highest BCUT2D eigenvalue weighted by atomic mass is 16.2. The van der Waals surface area contributed by atoms with Gasteiger partial charge in [-0.1, -0.05) is 24.3 Å². The first-order chi connectivity index (χ1) is 13.5. The van der Waals surface area contributed by atoms with Crippen LogP contribution in [0.25, 0.3) is 0 Å². The fourth-order valence-corrected chi connectivity index (χ4v) is 3.70. The number of amides is 2. The van der Waals surface area contributed by atoms with Crippen LogP contribution in [0.15, 0.2) is 66.9 Å². The quantitative estimate of drug-likeness (QED) is 0.746. The zero-order valence-electron chi connectivity index (χ0n) is 16.1. The van der Waals surface area contributed by atoms with Crippen LogP contribution in [0.2, 0.25) is 0 Å². The maximum absolute atomic E-state index is 13.2. The standard InChI is InChI=1S/C23H23N3O2/c1-16-10-11-19(15-20(16)24-22(27)18-7-4-3-5-8-18)23(28)26-14-13-25-12-6-9-21(25)17(26)2/h3-12,15,17H,13-14H2,1-2H3,(H,24,27). The van der Waals surface area contributed by atoms with Gasteiger partial charge in [0, 0.05) is 41.8 Å². The van der Waals surface area contributed by atoms with Gasteiger partial charge in [0.2, 0.25) is 0 Å². The number of anilines is 1. The summed E-state index contributed by atoms with van der Waals surface area (Å²) in [4.78, 5) is 27.6. The summed E-state index contributed by atoms with van der Waals surface area (Å²) in [5, 5.41) is 2.93. The van der Waals surface area contributed by atoms with Gasteiger partial charge in [-0.05, 0) is 55.8 Å². The number of aromatic nitrogens is 1. The second-order valence-corrected chi connectivity index (χ2v) is 7.15. The molecule has 1 aliphatic heterocycles. The third-order valence-corrected chi connectivity index (χ3v) is 5.37. The van der Waals surface area contributed by atoms with E-state index in [2.05, 4.69) is 29.1 Å².